The summed E-state index contributed by atoms with van der Waals surface area (Å²) in [6.07, 6.45) is 7.83. The van der Waals surface area contributed by atoms with Crippen LogP contribution in [0.15, 0.2) is 0 Å². The Balaban J connectivity index is 2.01. The van der Waals surface area contributed by atoms with Crippen LogP contribution in [0, 0.1) is 5.92 Å². The predicted octanol–water partition coefficient (Wildman–Crippen LogP) is 2.12. The Morgan fingerprint density at radius 3 is 2.56 bits per heavy atom. The lowest BCUT2D eigenvalue weighted by Gasteiger charge is -2.35. The molecule has 0 aromatic heterocycles. The van der Waals surface area contributed by atoms with Gasteiger partial charge in [0, 0.05) is 6.04 Å². The summed E-state index contributed by atoms with van der Waals surface area (Å²) < 4.78 is 0. The van der Waals surface area contributed by atoms with Gasteiger partial charge in [-0.3, -0.25) is 10.1 Å². The Hall–Kier alpha value is -0.570. The minimum atomic E-state index is 0.0256. The Morgan fingerprint density at radius 2 is 2.06 bits per heavy atom. The second-order valence-electron chi connectivity index (χ2n) is 5.27. The average molecular weight is 224 g/mol. The van der Waals surface area contributed by atoms with E-state index < -0.39 is 0 Å². The number of nitrogens with one attached hydrogen (secondary N) is 1. The zero-order valence-corrected chi connectivity index (χ0v) is 10.5. The second-order valence-corrected chi connectivity index (χ2v) is 5.27. The van der Waals surface area contributed by atoms with Crippen molar-refractivity contribution in [1.29, 1.82) is 0 Å². The Kier molecular flexibility index (Phi) is 3.85. The van der Waals surface area contributed by atoms with Crippen LogP contribution in [0.3, 0.4) is 0 Å². The van der Waals surface area contributed by atoms with E-state index in [4.69, 9.17) is 0 Å². The number of carbonyl (C=O) groups is 1. The molecule has 92 valence electrons. The van der Waals surface area contributed by atoms with E-state index in [1.165, 1.54) is 32.1 Å². The van der Waals surface area contributed by atoms with E-state index in [2.05, 4.69) is 17.1 Å². The SMILES string of the molecule is CCC(C1CCCCC1)N1CNC(C)C1=O. The topological polar surface area (TPSA) is 32.3 Å². The molecule has 16 heavy (non-hydrogen) atoms. The summed E-state index contributed by atoms with van der Waals surface area (Å²) in [5.41, 5.74) is 0. The number of nitrogens with zero attached hydrogens (tertiary/aromatic N) is 1. The van der Waals surface area contributed by atoms with Gasteiger partial charge >= 0.3 is 0 Å². The maximum absolute atomic E-state index is 12.0. The van der Waals surface area contributed by atoms with Crippen molar-refractivity contribution in [2.45, 2.75) is 64.5 Å². The molecule has 1 aliphatic heterocycles. The molecular weight excluding hydrogens is 200 g/mol. The molecule has 2 aliphatic rings. The fourth-order valence-corrected chi connectivity index (χ4v) is 3.26. The van der Waals surface area contributed by atoms with Crippen LogP contribution < -0.4 is 5.32 Å². The zero-order chi connectivity index (χ0) is 11.5. The van der Waals surface area contributed by atoms with Crippen molar-refractivity contribution in [3.8, 4) is 0 Å². The third kappa shape index (κ3) is 2.24. The summed E-state index contributed by atoms with van der Waals surface area (Å²) in [4.78, 5) is 14.1. The van der Waals surface area contributed by atoms with Gasteiger partial charge in [-0.25, -0.2) is 0 Å². The van der Waals surface area contributed by atoms with E-state index in [-0.39, 0.29) is 6.04 Å². The quantitative estimate of drug-likeness (QED) is 0.796. The fourth-order valence-electron chi connectivity index (χ4n) is 3.26. The molecule has 0 aromatic carbocycles. The summed E-state index contributed by atoms with van der Waals surface area (Å²) >= 11 is 0. The lowest BCUT2D eigenvalue weighted by Crippen LogP contribution is -2.43. The standard InChI is InChI=1S/C13H24N2O/c1-3-12(11-7-5-4-6-8-11)15-9-14-10(2)13(15)16/h10-12,14H,3-9H2,1-2H3. The first-order valence-corrected chi connectivity index (χ1v) is 6.78. The first kappa shape index (κ1) is 11.9. The molecule has 1 heterocycles. The van der Waals surface area contributed by atoms with Crippen LogP contribution in [0.4, 0.5) is 0 Å². The summed E-state index contributed by atoms with van der Waals surface area (Å²) in [6, 6.07) is 0.503. The number of hydrogen-bond acceptors (Lipinski definition) is 2. The summed E-state index contributed by atoms with van der Waals surface area (Å²) in [6.45, 7) is 4.94. The van der Waals surface area contributed by atoms with Crippen LogP contribution in [0.5, 0.6) is 0 Å². The highest BCUT2D eigenvalue weighted by atomic mass is 16.2. The number of carbonyl (C=O) groups excluding carboxylic acids is 1. The molecule has 0 radical (unpaired) electrons. The Morgan fingerprint density at radius 1 is 1.38 bits per heavy atom. The largest absolute Gasteiger partial charge is 0.325 e. The van der Waals surface area contributed by atoms with Crippen LogP contribution in [0.2, 0.25) is 0 Å². The fraction of sp³-hybridized carbons (Fsp3) is 0.923. The van der Waals surface area contributed by atoms with Crippen molar-refractivity contribution < 1.29 is 4.79 Å². The van der Waals surface area contributed by atoms with Gasteiger partial charge in [0.15, 0.2) is 0 Å². The first-order chi connectivity index (χ1) is 7.74. The second kappa shape index (κ2) is 5.17. The van der Waals surface area contributed by atoms with Gasteiger partial charge in [0.25, 0.3) is 0 Å². The molecule has 0 bridgehead atoms. The zero-order valence-electron chi connectivity index (χ0n) is 10.5. The van der Waals surface area contributed by atoms with Crippen LogP contribution in [0.1, 0.15) is 52.4 Å². The molecule has 2 unspecified atom stereocenters. The molecule has 0 spiro atoms. The van der Waals surface area contributed by atoms with E-state index in [1.54, 1.807) is 0 Å². The van der Waals surface area contributed by atoms with Gasteiger partial charge in [0.1, 0.15) is 0 Å². The van der Waals surface area contributed by atoms with E-state index in [1.807, 2.05) is 6.92 Å². The van der Waals surface area contributed by atoms with E-state index in [0.29, 0.717) is 11.9 Å². The average Bonchev–Trinajstić information content (AvgIpc) is 2.64. The van der Waals surface area contributed by atoms with Crippen molar-refractivity contribution in [2.75, 3.05) is 6.67 Å². The van der Waals surface area contributed by atoms with Gasteiger partial charge in [0.05, 0.1) is 12.7 Å². The molecule has 2 rings (SSSR count). The summed E-state index contributed by atoms with van der Waals surface area (Å²) in [5, 5.41) is 3.25. The minimum absolute atomic E-state index is 0.0256. The molecule has 1 aliphatic carbocycles. The van der Waals surface area contributed by atoms with E-state index >= 15 is 0 Å². The maximum atomic E-state index is 12.0. The molecule has 3 nitrogen and oxygen atoms in total. The van der Waals surface area contributed by atoms with Gasteiger partial charge in [-0.05, 0) is 32.1 Å². The number of rotatable bonds is 3. The molecule has 1 amide bonds. The molecular formula is C13H24N2O. The van der Waals surface area contributed by atoms with Crippen LogP contribution in [-0.4, -0.2) is 29.6 Å². The van der Waals surface area contributed by atoms with Crippen molar-refractivity contribution in [2.24, 2.45) is 5.92 Å². The Labute approximate surface area is 98.6 Å². The number of hydrogen-bond donors (Lipinski definition) is 1. The molecule has 1 saturated carbocycles. The third-order valence-electron chi connectivity index (χ3n) is 4.23. The smallest absolute Gasteiger partial charge is 0.240 e. The molecule has 2 atom stereocenters. The lowest BCUT2D eigenvalue weighted by molar-refractivity contribution is -0.131. The summed E-state index contributed by atoms with van der Waals surface area (Å²) in [7, 11) is 0. The van der Waals surface area contributed by atoms with Crippen LogP contribution in [0.25, 0.3) is 0 Å². The van der Waals surface area contributed by atoms with Gasteiger partial charge in [0.2, 0.25) is 5.91 Å². The van der Waals surface area contributed by atoms with Crippen molar-refractivity contribution in [3.05, 3.63) is 0 Å². The first-order valence-electron chi connectivity index (χ1n) is 6.78. The molecule has 2 fully saturated rings. The van der Waals surface area contributed by atoms with Crippen molar-refractivity contribution in [1.82, 2.24) is 10.2 Å². The predicted molar refractivity (Wildman–Crippen MR) is 65.0 cm³/mol. The molecule has 1 N–H and O–H groups in total. The van der Waals surface area contributed by atoms with E-state index in [0.717, 1.165) is 19.0 Å². The van der Waals surface area contributed by atoms with Crippen LogP contribution in [-0.2, 0) is 4.79 Å². The third-order valence-corrected chi connectivity index (χ3v) is 4.23. The van der Waals surface area contributed by atoms with Gasteiger partial charge in [-0.15, -0.1) is 0 Å². The van der Waals surface area contributed by atoms with Gasteiger partial charge in [-0.2, -0.15) is 0 Å². The monoisotopic (exact) mass is 224 g/mol. The van der Waals surface area contributed by atoms with E-state index in [9.17, 15) is 4.79 Å². The highest BCUT2D eigenvalue weighted by Crippen LogP contribution is 2.31. The highest BCUT2D eigenvalue weighted by Gasteiger charge is 2.35. The number of amides is 1. The Bertz CT molecular complexity index is 248. The normalized spacial score (nSPS) is 29.8. The van der Waals surface area contributed by atoms with Crippen LogP contribution >= 0.6 is 0 Å². The maximum Gasteiger partial charge on any atom is 0.240 e. The molecule has 3 heteroatoms. The van der Waals surface area contributed by atoms with Crippen molar-refractivity contribution >= 4 is 5.91 Å². The minimum Gasteiger partial charge on any atom is -0.325 e. The summed E-state index contributed by atoms with van der Waals surface area (Å²) in [5.74, 6) is 1.05. The van der Waals surface area contributed by atoms with Gasteiger partial charge in [-0.1, -0.05) is 26.2 Å². The molecule has 0 aromatic rings. The lowest BCUT2D eigenvalue weighted by atomic mass is 9.82. The highest BCUT2D eigenvalue weighted by molar-refractivity contribution is 5.83. The molecule has 1 saturated heterocycles. The van der Waals surface area contributed by atoms with Gasteiger partial charge < -0.3 is 4.90 Å². The van der Waals surface area contributed by atoms with Crippen molar-refractivity contribution in [3.63, 3.8) is 0 Å².